The van der Waals surface area contributed by atoms with Crippen molar-refractivity contribution in [3.8, 4) is 0 Å². The Kier molecular flexibility index (Phi) is 1.96. The molecule has 0 radical (unpaired) electrons. The molecule has 3 rings (SSSR count). The normalized spacial score (nSPS) is 15.7. The van der Waals surface area contributed by atoms with Crippen LogP contribution in [0.5, 0.6) is 0 Å². The highest BCUT2D eigenvalue weighted by molar-refractivity contribution is 6.21. The summed E-state index contributed by atoms with van der Waals surface area (Å²) >= 11 is 0. The van der Waals surface area contributed by atoms with E-state index < -0.39 is 0 Å². The maximum absolute atomic E-state index is 13.0. The summed E-state index contributed by atoms with van der Waals surface area (Å²) in [5, 5.41) is 0. The lowest BCUT2D eigenvalue weighted by Gasteiger charge is -1.98. The monoisotopic (exact) mass is 213 g/mol. The van der Waals surface area contributed by atoms with E-state index in [-0.39, 0.29) is 5.82 Å². The third-order valence-electron chi connectivity index (χ3n) is 2.45. The van der Waals surface area contributed by atoms with Gasteiger partial charge in [-0.05, 0) is 30.3 Å². The number of aliphatic imine (C=N–C) groups is 1. The molecule has 0 bridgehead atoms. The number of rotatable bonds is 1. The summed E-state index contributed by atoms with van der Waals surface area (Å²) < 4.78 is 18.2. The van der Waals surface area contributed by atoms with Crippen molar-refractivity contribution in [3.05, 3.63) is 53.7 Å². The molecule has 1 aromatic carbocycles. The van der Waals surface area contributed by atoms with E-state index >= 15 is 0 Å². The van der Waals surface area contributed by atoms with Crippen LogP contribution in [-0.4, -0.2) is 6.21 Å². The first-order chi connectivity index (χ1) is 7.83. The van der Waals surface area contributed by atoms with Crippen molar-refractivity contribution < 1.29 is 8.81 Å². The van der Waals surface area contributed by atoms with E-state index in [9.17, 15) is 4.39 Å². The minimum atomic E-state index is -0.268. The van der Waals surface area contributed by atoms with Crippen LogP contribution < -0.4 is 0 Å². The Hall–Kier alpha value is -2.16. The summed E-state index contributed by atoms with van der Waals surface area (Å²) in [6, 6.07) is 8.27. The van der Waals surface area contributed by atoms with Gasteiger partial charge in [0.25, 0.3) is 0 Å². The van der Waals surface area contributed by atoms with Gasteiger partial charge in [-0.15, -0.1) is 0 Å². The zero-order chi connectivity index (χ0) is 11.0. The first kappa shape index (κ1) is 9.09. The van der Waals surface area contributed by atoms with Gasteiger partial charge < -0.3 is 4.42 Å². The Morgan fingerprint density at radius 3 is 3.00 bits per heavy atom. The van der Waals surface area contributed by atoms with E-state index in [1.807, 2.05) is 18.2 Å². The molecule has 0 unspecified atom stereocenters. The van der Waals surface area contributed by atoms with Gasteiger partial charge in [-0.2, -0.15) is 0 Å². The van der Waals surface area contributed by atoms with Gasteiger partial charge in [0.1, 0.15) is 11.6 Å². The Morgan fingerprint density at radius 1 is 1.25 bits per heavy atom. The smallest absolute Gasteiger partial charge is 0.127 e. The lowest BCUT2D eigenvalue weighted by Crippen LogP contribution is -1.80. The third-order valence-corrected chi connectivity index (χ3v) is 2.45. The molecule has 2 nitrogen and oxygen atoms in total. The first-order valence-electron chi connectivity index (χ1n) is 4.92. The molecule has 1 aliphatic rings. The molecule has 2 heterocycles. The van der Waals surface area contributed by atoms with Gasteiger partial charge in [-0.1, -0.05) is 0 Å². The highest BCUT2D eigenvalue weighted by atomic mass is 19.1. The van der Waals surface area contributed by atoms with Crippen LogP contribution in [0.4, 0.5) is 10.1 Å². The minimum absolute atomic E-state index is 0.268. The molecular weight excluding hydrogens is 205 g/mol. The summed E-state index contributed by atoms with van der Waals surface area (Å²) in [6.45, 7) is 0. The molecule has 2 aromatic rings. The van der Waals surface area contributed by atoms with E-state index in [4.69, 9.17) is 4.42 Å². The molecule has 0 aliphatic carbocycles. The number of nitrogens with zero attached hydrogens (tertiary/aromatic N) is 1. The van der Waals surface area contributed by atoms with E-state index in [2.05, 4.69) is 4.99 Å². The second-order valence-corrected chi connectivity index (χ2v) is 3.53. The number of allylic oxidation sites excluding steroid dienone is 1. The number of halogens is 1. The van der Waals surface area contributed by atoms with Crippen molar-refractivity contribution in [1.29, 1.82) is 0 Å². The fourth-order valence-electron chi connectivity index (χ4n) is 1.71. The molecule has 1 aliphatic heterocycles. The second-order valence-electron chi connectivity index (χ2n) is 3.53. The molecule has 0 saturated carbocycles. The summed E-state index contributed by atoms with van der Waals surface area (Å²) in [4.78, 5) is 4.15. The molecular formula is C13H8FNO. The fraction of sp³-hybridized carbons (Fsp3) is 0. The first-order valence-corrected chi connectivity index (χ1v) is 4.92. The summed E-state index contributed by atoms with van der Waals surface area (Å²) in [6.07, 6.45) is 5.21. The maximum atomic E-state index is 13.0. The Labute approximate surface area is 91.7 Å². The Bertz CT molecular complexity index is 582. The molecule has 1 aromatic heterocycles. The van der Waals surface area contributed by atoms with Crippen molar-refractivity contribution in [2.45, 2.75) is 0 Å². The number of hydrogen-bond donors (Lipinski definition) is 0. The Morgan fingerprint density at radius 2 is 2.19 bits per heavy atom. The SMILES string of the molecule is Fc1ccc2c(c1)N=CC2=Cc1ccco1. The standard InChI is InChI=1S/C13H8FNO/c14-10-3-4-12-9(8-15-13(12)7-10)6-11-2-1-5-16-11/h1-8H. The van der Waals surface area contributed by atoms with Gasteiger partial charge in [-0.25, -0.2) is 4.39 Å². The van der Waals surface area contributed by atoms with Crippen LogP contribution in [0.2, 0.25) is 0 Å². The molecule has 78 valence electrons. The zero-order valence-corrected chi connectivity index (χ0v) is 8.35. The van der Waals surface area contributed by atoms with Crippen molar-refractivity contribution in [3.63, 3.8) is 0 Å². The predicted molar refractivity (Wildman–Crippen MR) is 61.1 cm³/mol. The average Bonchev–Trinajstić information content (AvgIpc) is 2.89. The number of furan rings is 1. The quantitative estimate of drug-likeness (QED) is 0.709. The van der Waals surface area contributed by atoms with Crippen molar-refractivity contribution in [2.75, 3.05) is 0 Å². The average molecular weight is 213 g/mol. The van der Waals surface area contributed by atoms with Gasteiger partial charge in [0.05, 0.1) is 12.0 Å². The summed E-state index contributed by atoms with van der Waals surface area (Å²) in [5.74, 6) is 0.494. The minimum Gasteiger partial charge on any atom is -0.465 e. The highest BCUT2D eigenvalue weighted by Gasteiger charge is 2.12. The van der Waals surface area contributed by atoms with Crippen molar-refractivity contribution in [2.24, 2.45) is 4.99 Å². The lowest BCUT2D eigenvalue weighted by atomic mass is 10.1. The number of fused-ring (bicyclic) bond motifs is 1. The van der Waals surface area contributed by atoms with Gasteiger partial charge in [-0.3, -0.25) is 4.99 Å². The van der Waals surface area contributed by atoms with E-state index in [0.717, 1.165) is 16.9 Å². The van der Waals surface area contributed by atoms with Crippen molar-refractivity contribution in [1.82, 2.24) is 0 Å². The topological polar surface area (TPSA) is 25.5 Å². The highest BCUT2D eigenvalue weighted by Crippen LogP contribution is 2.32. The Balaban J connectivity index is 2.07. The molecule has 16 heavy (non-hydrogen) atoms. The molecule has 0 amide bonds. The summed E-state index contributed by atoms with van der Waals surface area (Å²) in [7, 11) is 0. The fourth-order valence-corrected chi connectivity index (χ4v) is 1.71. The molecule has 0 spiro atoms. The largest absolute Gasteiger partial charge is 0.465 e. The van der Waals surface area contributed by atoms with Gasteiger partial charge in [0.2, 0.25) is 0 Å². The molecule has 0 N–H and O–H groups in total. The van der Waals surface area contributed by atoms with Crippen LogP contribution in [0.15, 0.2) is 46.0 Å². The molecule has 0 saturated heterocycles. The lowest BCUT2D eigenvalue weighted by molar-refractivity contribution is 0.557. The summed E-state index contributed by atoms with van der Waals surface area (Å²) in [5.41, 5.74) is 2.53. The zero-order valence-electron chi connectivity index (χ0n) is 8.35. The second kappa shape index (κ2) is 3.45. The van der Waals surface area contributed by atoms with Gasteiger partial charge in [0.15, 0.2) is 0 Å². The maximum Gasteiger partial charge on any atom is 0.127 e. The van der Waals surface area contributed by atoms with Crippen LogP contribution in [-0.2, 0) is 0 Å². The van der Waals surface area contributed by atoms with Crippen LogP contribution >= 0.6 is 0 Å². The van der Waals surface area contributed by atoms with Gasteiger partial charge >= 0.3 is 0 Å². The van der Waals surface area contributed by atoms with Crippen LogP contribution in [0.3, 0.4) is 0 Å². The molecule has 0 atom stereocenters. The predicted octanol–water partition coefficient (Wildman–Crippen LogP) is 3.68. The van der Waals surface area contributed by atoms with Crippen molar-refractivity contribution >= 4 is 23.6 Å². The third kappa shape index (κ3) is 1.46. The van der Waals surface area contributed by atoms with Crippen LogP contribution in [0, 0.1) is 5.82 Å². The van der Waals surface area contributed by atoms with Crippen LogP contribution in [0.1, 0.15) is 11.3 Å². The number of benzene rings is 1. The van der Waals surface area contributed by atoms with E-state index in [0.29, 0.717) is 5.69 Å². The van der Waals surface area contributed by atoms with E-state index in [1.54, 1.807) is 18.5 Å². The molecule has 0 fully saturated rings. The van der Waals surface area contributed by atoms with Gasteiger partial charge in [0, 0.05) is 23.4 Å². The van der Waals surface area contributed by atoms with Crippen LogP contribution in [0.25, 0.3) is 11.6 Å². The number of hydrogen-bond acceptors (Lipinski definition) is 2. The van der Waals surface area contributed by atoms with E-state index in [1.165, 1.54) is 12.1 Å². The molecule has 3 heteroatoms.